The zero-order valence-electron chi connectivity index (χ0n) is 7.38. The van der Waals surface area contributed by atoms with Crippen LogP contribution in [0.4, 0.5) is 0 Å². The summed E-state index contributed by atoms with van der Waals surface area (Å²) in [4.78, 5) is 11.3. The number of rotatable bonds is 2. The quantitative estimate of drug-likeness (QED) is 0.801. The zero-order chi connectivity index (χ0) is 10.7. The van der Waals surface area contributed by atoms with E-state index < -0.39 is 5.97 Å². The molecule has 5 heteroatoms. The van der Waals surface area contributed by atoms with Crippen LogP contribution in [0.2, 0.25) is 10.0 Å². The van der Waals surface area contributed by atoms with E-state index in [0.717, 1.165) is 0 Å². The van der Waals surface area contributed by atoms with Crippen molar-refractivity contribution in [2.45, 2.75) is 6.92 Å². The van der Waals surface area contributed by atoms with Crippen LogP contribution in [-0.2, 0) is 4.74 Å². The third-order valence-corrected chi connectivity index (χ3v) is 2.15. The summed E-state index contributed by atoms with van der Waals surface area (Å²) in [5, 5.41) is 9.50. The van der Waals surface area contributed by atoms with Crippen molar-refractivity contribution in [1.82, 2.24) is 0 Å². The lowest BCUT2D eigenvalue weighted by molar-refractivity contribution is 0.0526. The fourth-order valence-corrected chi connectivity index (χ4v) is 1.36. The number of carbonyl (C=O) groups is 1. The van der Waals surface area contributed by atoms with E-state index in [4.69, 9.17) is 27.9 Å². The van der Waals surface area contributed by atoms with Gasteiger partial charge in [0.2, 0.25) is 0 Å². The van der Waals surface area contributed by atoms with E-state index >= 15 is 0 Å². The highest BCUT2D eigenvalue weighted by atomic mass is 35.5. The molecule has 0 bridgehead atoms. The predicted molar refractivity (Wildman–Crippen MR) is 54.1 cm³/mol. The molecule has 0 aromatic heterocycles. The molecule has 1 aromatic carbocycles. The standard InChI is InChI=1S/C9H8Cl2O3/c1-2-14-9(13)5-3-8(12)7(11)4-6(5)10/h3-4,12H,2H2,1H3. The highest BCUT2D eigenvalue weighted by Crippen LogP contribution is 2.30. The number of phenols is 1. The maximum Gasteiger partial charge on any atom is 0.339 e. The number of halogens is 2. The molecule has 0 aliphatic heterocycles. The van der Waals surface area contributed by atoms with Gasteiger partial charge in [-0.15, -0.1) is 0 Å². The van der Waals surface area contributed by atoms with Crippen molar-refractivity contribution in [1.29, 1.82) is 0 Å². The average molecular weight is 235 g/mol. The fraction of sp³-hybridized carbons (Fsp3) is 0.222. The molecule has 0 spiro atoms. The van der Waals surface area contributed by atoms with Gasteiger partial charge >= 0.3 is 5.97 Å². The first-order chi connectivity index (χ1) is 6.56. The van der Waals surface area contributed by atoms with E-state index in [0.29, 0.717) is 0 Å². The van der Waals surface area contributed by atoms with Crippen molar-refractivity contribution in [2.75, 3.05) is 6.61 Å². The first-order valence-electron chi connectivity index (χ1n) is 3.91. The van der Waals surface area contributed by atoms with Crippen LogP contribution < -0.4 is 0 Å². The summed E-state index contributed by atoms with van der Waals surface area (Å²) in [5.74, 6) is -0.774. The molecule has 0 fully saturated rings. The van der Waals surface area contributed by atoms with Crippen LogP contribution in [0, 0.1) is 0 Å². The lowest BCUT2D eigenvalue weighted by Crippen LogP contribution is -2.05. The molecule has 3 nitrogen and oxygen atoms in total. The van der Waals surface area contributed by atoms with Crippen molar-refractivity contribution >= 4 is 29.2 Å². The molecule has 0 saturated carbocycles. The molecule has 14 heavy (non-hydrogen) atoms. The third-order valence-electron chi connectivity index (χ3n) is 1.53. The number of hydrogen-bond donors (Lipinski definition) is 1. The third kappa shape index (κ3) is 2.30. The van der Waals surface area contributed by atoms with E-state index in [1.54, 1.807) is 6.92 Å². The number of esters is 1. The van der Waals surface area contributed by atoms with E-state index in [-0.39, 0.29) is 28.0 Å². The summed E-state index contributed by atoms with van der Waals surface area (Å²) in [6.07, 6.45) is 0. The molecule has 1 aromatic rings. The number of hydrogen-bond acceptors (Lipinski definition) is 3. The Morgan fingerprint density at radius 1 is 1.43 bits per heavy atom. The minimum atomic E-state index is -0.579. The van der Waals surface area contributed by atoms with Crippen LogP contribution in [0.25, 0.3) is 0 Å². The molecule has 1 N–H and O–H groups in total. The van der Waals surface area contributed by atoms with Gasteiger partial charge in [0.1, 0.15) is 5.75 Å². The van der Waals surface area contributed by atoms with Crippen LogP contribution in [0.3, 0.4) is 0 Å². The Bertz CT molecular complexity index is 363. The molecular weight excluding hydrogens is 227 g/mol. The average Bonchev–Trinajstić information content (AvgIpc) is 2.11. The first kappa shape index (κ1) is 11.1. The lowest BCUT2D eigenvalue weighted by atomic mass is 10.2. The van der Waals surface area contributed by atoms with Gasteiger partial charge in [-0.2, -0.15) is 0 Å². The number of benzene rings is 1. The highest BCUT2D eigenvalue weighted by Gasteiger charge is 2.14. The number of ether oxygens (including phenoxy) is 1. The molecule has 1 rings (SSSR count). The lowest BCUT2D eigenvalue weighted by Gasteiger charge is -2.05. The van der Waals surface area contributed by atoms with Crippen molar-refractivity contribution in [2.24, 2.45) is 0 Å². The molecule has 0 saturated heterocycles. The van der Waals surface area contributed by atoms with Gasteiger partial charge in [-0.3, -0.25) is 0 Å². The second-order valence-electron chi connectivity index (χ2n) is 2.50. The van der Waals surface area contributed by atoms with Crippen molar-refractivity contribution in [3.8, 4) is 5.75 Å². The summed E-state index contributed by atoms with van der Waals surface area (Å²) in [5.41, 5.74) is 0.107. The SMILES string of the molecule is CCOC(=O)c1cc(O)c(Cl)cc1Cl. The monoisotopic (exact) mass is 234 g/mol. The number of phenolic OH excluding ortho intramolecular Hbond substituents is 1. The van der Waals surface area contributed by atoms with Gasteiger partial charge in [-0.25, -0.2) is 4.79 Å². The second-order valence-corrected chi connectivity index (χ2v) is 3.32. The van der Waals surface area contributed by atoms with Gasteiger partial charge < -0.3 is 9.84 Å². The highest BCUT2D eigenvalue weighted by molar-refractivity contribution is 6.37. The second kappa shape index (κ2) is 4.53. The normalized spacial score (nSPS) is 9.93. The Hall–Kier alpha value is -0.930. The molecule has 0 amide bonds. The Balaban J connectivity index is 3.09. The molecule has 0 radical (unpaired) electrons. The first-order valence-corrected chi connectivity index (χ1v) is 4.67. The Labute approximate surface area is 91.2 Å². The van der Waals surface area contributed by atoms with E-state index in [1.807, 2.05) is 0 Å². The van der Waals surface area contributed by atoms with E-state index in [9.17, 15) is 9.90 Å². The van der Waals surface area contributed by atoms with Gasteiger partial charge in [0.05, 0.1) is 22.2 Å². The molecule has 0 heterocycles. The van der Waals surface area contributed by atoms with Crippen LogP contribution in [0.1, 0.15) is 17.3 Å². The summed E-state index contributed by atoms with van der Waals surface area (Å²) in [6, 6.07) is 2.48. The molecule has 0 aliphatic rings. The summed E-state index contributed by atoms with van der Waals surface area (Å²) >= 11 is 11.3. The Morgan fingerprint density at radius 3 is 2.64 bits per heavy atom. The smallest absolute Gasteiger partial charge is 0.339 e. The molecule has 0 atom stereocenters. The molecule has 0 aliphatic carbocycles. The van der Waals surface area contributed by atoms with E-state index in [2.05, 4.69) is 0 Å². The number of aromatic hydroxyl groups is 1. The largest absolute Gasteiger partial charge is 0.506 e. The summed E-state index contributed by atoms with van der Waals surface area (Å²) in [7, 11) is 0. The maximum atomic E-state index is 11.3. The van der Waals surface area contributed by atoms with Crippen molar-refractivity contribution < 1.29 is 14.6 Å². The van der Waals surface area contributed by atoms with E-state index in [1.165, 1.54) is 12.1 Å². The molecule has 76 valence electrons. The molecular formula is C9H8Cl2O3. The Morgan fingerprint density at radius 2 is 2.07 bits per heavy atom. The van der Waals surface area contributed by atoms with Crippen LogP contribution in [0.15, 0.2) is 12.1 Å². The van der Waals surface area contributed by atoms with Crippen LogP contribution in [-0.4, -0.2) is 17.7 Å². The molecule has 0 unspecified atom stereocenters. The minimum absolute atomic E-state index is 0.100. The van der Waals surface area contributed by atoms with Gasteiger partial charge in [-0.1, -0.05) is 23.2 Å². The summed E-state index contributed by atoms with van der Waals surface area (Å²) < 4.78 is 4.73. The van der Waals surface area contributed by atoms with Crippen LogP contribution in [0.5, 0.6) is 5.75 Å². The van der Waals surface area contributed by atoms with Gasteiger partial charge in [-0.05, 0) is 19.1 Å². The van der Waals surface area contributed by atoms with Crippen molar-refractivity contribution in [3.05, 3.63) is 27.7 Å². The van der Waals surface area contributed by atoms with Crippen LogP contribution >= 0.6 is 23.2 Å². The Kier molecular flexibility index (Phi) is 3.61. The summed E-state index contributed by atoms with van der Waals surface area (Å²) in [6.45, 7) is 1.93. The number of carbonyl (C=O) groups excluding carboxylic acids is 1. The minimum Gasteiger partial charge on any atom is -0.506 e. The van der Waals surface area contributed by atoms with Crippen molar-refractivity contribution in [3.63, 3.8) is 0 Å². The van der Waals surface area contributed by atoms with Gasteiger partial charge in [0.25, 0.3) is 0 Å². The fourth-order valence-electron chi connectivity index (χ4n) is 0.903. The maximum absolute atomic E-state index is 11.3. The predicted octanol–water partition coefficient (Wildman–Crippen LogP) is 2.88. The topological polar surface area (TPSA) is 46.5 Å². The zero-order valence-corrected chi connectivity index (χ0v) is 8.89. The van der Waals surface area contributed by atoms with Gasteiger partial charge in [0.15, 0.2) is 0 Å². The van der Waals surface area contributed by atoms with Gasteiger partial charge in [0, 0.05) is 0 Å².